The lowest BCUT2D eigenvalue weighted by atomic mass is 9.95. The average Bonchev–Trinajstić information content (AvgIpc) is 3.30. The first kappa shape index (κ1) is 20.9. The largest absolute Gasteiger partial charge is 0.444 e. The maximum Gasteiger partial charge on any atom is 0.408 e. The Balaban J connectivity index is 1.86. The number of fused-ring (bicyclic) bond motifs is 3. The molecule has 2 aromatic heterocycles. The second kappa shape index (κ2) is 7.73. The Bertz CT molecular complexity index is 1250. The van der Waals surface area contributed by atoms with Gasteiger partial charge in [-0.2, -0.15) is 5.26 Å². The van der Waals surface area contributed by atoms with Crippen LogP contribution in [0.2, 0.25) is 0 Å². The van der Waals surface area contributed by atoms with Crippen LogP contribution < -0.4 is 5.32 Å². The first-order valence-electron chi connectivity index (χ1n) is 10.8. The number of nitrogens with one attached hydrogen (secondary N) is 1. The van der Waals surface area contributed by atoms with E-state index in [1.54, 1.807) is 0 Å². The second-order valence-electron chi connectivity index (χ2n) is 9.04. The number of hydrogen-bond donors (Lipinski definition) is 1. The van der Waals surface area contributed by atoms with Gasteiger partial charge in [-0.15, -0.1) is 0 Å². The number of alkyl carbamates (subject to hydrolysis) is 1. The molecule has 1 unspecified atom stereocenters. The molecular formula is C25H28N4O2. The summed E-state index contributed by atoms with van der Waals surface area (Å²) in [5.41, 5.74) is 7.03. The fourth-order valence-corrected chi connectivity index (χ4v) is 4.45. The van der Waals surface area contributed by atoms with Gasteiger partial charge in [0.15, 0.2) is 5.65 Å². The third-order valence-electron chi connectivity index (χ3n) is 5.72. The van der Waals surface area contributed by atoms with E-state index >= 15 is 0 Å². The molecule has 0 radical (unpaired) electrons. The van der Waals surface area contributed by atoms with E-state index in [2.05, 4.69) is 28.8 Å². The predicted octanol–water partition coefficient (Wildman–Crippen LogP) is 5.30. The van der Waals surface area contributed by atoms with E-state index in [1.807, 2.05) is 52.0 Å². The summed E-state index contributed by atoms with van der Waals surface area (Å²) in [6.45, 7) is 9.69. The molecular weight excluding hydrogens is 388 g/mol. The summed E-state index contributed by atoms with van der Waals surface area (Å²) < 4.78 is 7.55. The number of carbonyl (C=O) groups is 1. The Morgan fingerprint density at radius 2 is 2.10 bits per heavy atom. The molecule has 2 heterocycles. The van der Waals surface area contributed by atoms with Gasteiger partial charge >= 0.3 is 6.09 Å². The molecule has 160 valence electrons. The minimum Gasteiger partial charge on any atom is -0.444 e. The number of para-hydroxylation sites is 2. The highest BCUT2D eigenvalue weighted by molar-refractivity contribution is 5.87. The number of imidazole rings is 1. The van der Waals surface area contributed by atoms with Gasteiger partial charge in [0.05, 0.1) is 28.3 Å². The first-order valence-corrected chi connectivity index (χ1v) is 10.8. The molecule has 0 spiro atoms. The van der Waals surface area contributed by atoms with Crippen molar-refractivity contribution < 1.29 is 9.53 Å². The topological polar surface area (TPSA) is 79.4 Å². The SMILES string of the molecule is CCc1c(C)c(C#N)c2nc3ccccc3n2c1C1=CC(NC(=O)OC(C)(C)C)CC1. The van der Waals surface area contributed by atoms with Gasteiger partial charge in [0.25, 0.3) is 0 Å². The fourth-order valence-electron chi connectivity index (χ4n) is 4.45. The molecule has 1 aliphatic rings. The quantitative estimate of drug-likeness (QED) is 0.628. The molecule has 1 N–H and O–H groups in total. The van der Waals surface area contributed by atoms with Gasteiger partial charge < -0.3 is 10.1 Å². The Hall–Kier alpha value is -3.33. The van der Waals surface area contributed by atoms with Gasteiger partial charge in [-0.1, -0.05) is 25.1 Å². The zero-order valence-electron chi connectivity index (χ0n) is 18.7. The summed E-state index contributed by atoms with van der Waals surface area (Å²) in [6, 6.07) is 10.3. The predicted molar refractivity (Wildman–Crippen MR) is 122 cm³/mol. The van der Waals surface area contributed by atoms with Gasteiger partial charge in [0, 0.05) is 0 Å². The Morgan fingerprint density at radius 1 is 1.35 bits per heavy atom. The number of pyridine rings is 1. The molecule has 6 heteroatoms. The van der Waals surface area contributed by atoms with Crippen molar-refractivity contribution in [3.63, 3.8) is 0 Å². The van der Waals surface area contributed by atoms with E-state index in [4.69, 9.17) is 9.72 Å². The molecule has 1 aromatic carbocycles. The number of ether oxygens (including phenoxy) is 1. The molecule has 0 aliphatic heterocycles. The summed E-state index contributed by atoms with van der Waals surface area (Å²) in [7, 11) is 0. The van der Waals surface area contributed by atoms with Crippen LogP contribution in [0.4, 0.5) is 4.79 Å². The number of rotatable bonds is 3. The van der Waals surface area contributed by atoms with Crippen LogP contribution in [0.3, 0.4) is 0 Å². The van der Waals surface area contributed by atoms with Crippen molar-refractivity contribution in [1.29, 1.82) is 5.26 Å². The highest BCUT2D eigenvalue weighted by Crippen LogP contribution is 2.36. The van der Waals surface area contributed by atoms with Crippen molar-refractivity contribution in [3.8, 4) is 6.07 Å². The molecule has 0 bridgehead atoms. The molecule has 1 atom stereocenters. The maximum absolute atomic E-state index is 12.3. The van der Waals surface area contributed by atoms with Gasteiger partial charge in [-0.05, 0) is 75.8 Å². The van der Waals surface area contributed by atoms with Crippen molar-refractivity contribution in [2.24, 2.45) is 0 Å². The van der Waals surface area contributed by atoms with Crippen molar-refractivity contribution in [1.82, 2.24) is 14.7 Å². The third kappa shape index (κ3) is 3.76. The maximum atomic E-state index is 12.3. The number of aromatic nitrogens is 2. The lowest BCUT2D eigenvalue weighted by Gasteiger charge is -2.21. The van der Waals surface area contributed by atoms with Gasteiger partial charge in [-0.3, -0.25) is 4.40 Å². The lowest BCUT2D eigenvalue weighted by Crippen LogP contribution is -2.37. The Morgan fingerprint density at radius 3 is 2.77 bits per heavy atom. The van der Waals surface area contributed by atoms with E-state index in [-0.39, 0.29) is 6.04 Å². The zero-order chi connectivity index (χ0) is 22.3. The van der Waals surface area contributed by atoms with Crippen molar-refractivity contribution >= 4 is 28.3 Å². The molecule has 0 saturated heterocycles. The average molecular weight is 417 g/mol. The summed E-state index contributed by atoms with van der Waals surface area (Å²) in [6.07, 6.45) is 4.17. The normalized spacial score (nSPS) is 16.4. The number of nitriles is 1. The summed E-state index contributed by atoms with van der Waals surface area (Å²) in [5.74, 6) is 0. The first-order chi connectivity index (χ1) is 14.7. The molecule has 3 aromatic rings. The van der Waals surface area contributed by atoms with Crippen LogP contribution in [0, 0.1) is 18.3 Å². The van der Waals surface area contributed by atoms with E-state index in [0.29, 0.717) is 11.2 Å². The third-order valence-corrected chi connectivity index (χ3v) is 5.72. The number of carbonyl (C=O) groups excluding carboxylic acids is 1. The number of hydrogen-bond acceptors (Lipinski definition) is 4. The van der Waals surface area contributed by atoms with Crippen LogP contribution in [-0.2, 0) is 11.2 Å². The van der Waals surface area contributed by atoms with Crippen LogP contribution in [0.25, 0.3) is 22.3 Å². The van der Waals surface area contributed by atoms with Crippen LogP contribution >= 0.6 is 0 Å². The van der Waals surface area contributed by atoms with Crippen LogP contribution in [0.1, 0.15) is 62.9 Å². The monoisotopic (exact) mass is 416 g/mol. The molecule has 31 heavy (non-hydrogen) atoms. The molecule has 1 amide bonds. The van der Waals surface area contributed by atoms with Crippen LogP contribution in [-0.4, -0.2) is 27.1 Å². The van der Waals surface area contributed by atoms with Gasteiger partial charge in [-0.25, -0.2) is 9.78 Å². The van der Waals surface area contributed by atoms with E-state index in [0.717, 1.165) is 47.1 Å². The van der Waals surface area contributed by atoms with Crippen molar-refractivity contribution in [2.75, 3.05) is 0 Å². The van der Waals surface area contributed by atoms with Crippen LogP contribution in [0.5, 0.6) is 0 Å². The van der Waals surface area contributed by atoms with E-state index < -0.39 is 11.7 Å². The number of benzene rings is 1. The summed E-state index contributed by atoms with van der Waals surface area (Å²) in [5, 5.41) is 12.8. The summed E-state index contributed by atoms with van der Waals surface area (Å²) >= 11 is 0. The van der Waals surface area contributed by atoms with E-state index in [9.17, 15) is 10.1 Å². The lowest BCUT2D eigenvalue weighted by molar-refractivity contribution is 0.0514. The van der Waals surface area contributed by atoms with E-state index in [1.165, 1.54) is 5.57 Å². The molecule has 0 fully saturated rings. The smallest absolute Gasteiger partial charge is 0.408 e. The molecule has 0 saturated carbocycles. The highest BCUT2D eigenvalue weighted by atomic mass is 16.6. The van der Waals surface area contributed by atoms with Gasteiger partial charge in [0.1, 0.15) is 11.7 Å². The number of allylic oxidation sites excluding steroid dienone is 1. The van der Waals surface area contributed by atoms with Crippen LogP contribution in [0.15, 0.2) is 30.3 Å². The Labute approximate surface area is 182 Å². The zero-order valence-corrected chi connectivity index (χ0v) is 18.7. The summed E-state index contributed by atoms with van der Waals surface area (Å²) in [4.78, 5) is 17.0. The highest BCUT2D eigenvalue weighted by Gasteiger charge is 2.27. The number of amides is 1. The second-order valence-corrected chi connectivity index (χ2v) is 9.04. The Kier molecular flexibility index (Phi) is 5.22. The minimum atomic E-state index is -0.531. The van der Waals surface area contributed by atoms with Crippen molar-refractivity contribution in [3.05, 3.63) is 52.7 Å². The molecule has 6 nitrogen and oxygen atoms in total. The molecule has 4 rings (SSSR count). The number of nitrogens with zero attached hydrogens (tertiary/aromatic N) is 3. The minimum absolute atomic E-state index is 0.0876. The molecule has 1 aliphatic carbocycles. The van der Waals surface area contributed by atoms with Crippen molar-refractivity contribution in [2.45, 2.75) is 65.5 Å². The standard InChI is InChI=1S/C25H28N4O2/c1-6-18-15(2)19(14-26)23-28-20-9-7-8-10-21(20)29(23)22(18)16-11-12-17(13-16)27-24(30)31-25(3,4)5/h7-10,13,17H,6,11-12H2,1-5H3,(H,27,30). The van der Waals surface area contributed by atoms with Gasteiger partial charge in [0.2, 0.25) is 0 Å². The fraction of sp³-hybridized carbons (Fsp3) is 0.400.